The highest BCUT2D eigenvalue weighted by Crippen LogP contribution is 2.16. The lowest BCUT2D eigenvalue weighted by molar-refractivity contribution is -0.131. The smallest absolute Gasteiger partial charge is 0.222 e. The monoisotopic (exact) mass is 262 g/mol. The molecule has 102 valence electrons. The summed E-state index contributed by atoms with van der Waals surface area (Å²) in [4.78, 5) is 13.7. The number of carbonyl (C=O) groups excluding carboxylic acids is 1. The summed E-state index contributed by atoms with van der Waals surface area (Å²) in [7, 11) is 1.91. The van der Waals surface area contributed by atoms with Crippen LogP contribution in [0, 0.1) is 5.41 Å². The van der Waals surface area contributed by atoms with E-state index >= 15 is 0 Å². The Morgan fingerprint density at radius 1 is 1.41 bits per heavy atom. The molecular formula is C13H27ClN2O. The Balaban J connectivity index is 0.00000256. The minimum absolute atomic E-state index is 0. The van der Waals surface area contributed by atoms with E-state index in [1.807, 2.05) is 11.9 Å². The SMILES string of the molecule is CN(CC(C)(C)C)C(=O)CCC1CCCN1.Cl. The number of rotatable bonds is 4. The summed E-state index contributed by atoms with van der Waals surface area (Å²) in [6.07, 6.45) is 4.17. The van der Waals surface area contributed by atoms with Crippen LogP contribution in [-0.2, 0) is 4.79 Å². The van der Waals surface area contributed by atoms with E-state index < -0.39 is 0 Å². The molecule has 0 bridgehead atoms. The van der Waals surface area contributed by atoms with Crippen molar-refractivity contribution in [2.45, 2.75) is 52.5 Å². The van der Waals surface area contributed by atoms with Crippen LogP contribution in [0.5, 0.6) is 0 Å². The molecule has 0 spiro atoms. The normalized spacial score (nSPS) is 19.9. The van der Waals surface area contributed by atoms with Crippen molar-refractivity contribution in [3.8, 4) is 0 Å². The van der Waals surface area contributed by atoms with Crippen LogP contribution in [0.2, 0.25) is 0 Å². The number of hydrogen-bond acceptors (Lipinski definition) is 2. The quantitative estimate of drug-likeness (QED) is 0.844. The topological polar surface area (TPSA) is 32.3 Å². The van der Waals surface area contributed by atoms with Gasteiger partial charge in [-0.05, 0) is 31.2 Å². The van der Waals surface area contributed by atoms with Crippen molar-refractivity contribution in [3.63, 3.8) is 0 Å². The second kappa shape index (κ2) is 7.22. The number of carbonyl (C=O) groups is 1. The zero-order chi connectivity index (χ0) is 12.2. The lowest BCUT2D eigenvalue weighted by Gasteiger charge is -2.27. The van der Waals surface area contributed by atoms with Gasteiger partial charge in [-0.15, -0.1) is 12.4 Å². The van der Waals surface area contributed by atoms with Gasteiger partial charge in [0, 0.05) is 26.1 Å². The van der Waals surface area contributed by atoms with Crippen molar-refractivity contribution in [1.29, 1.82) is 0 Å². The Hall–Kier alpha value is -0.280. The molecule has 1 aliphatic rings. The van der Waals surface area contributed by atoms with Gasteiger partial charge in [0.25, 0.3) is 0 Å². The Morgan fingerprint density at radius 2 is 2.06 bits per heavy atom. The second-order valence-corrected chi connectivity index (χ2v) is 6.14. The Bertz CT molecular complexity index is 232. The van der Waals surface area contributed by atoms with Gasteiger partial charge in [-0.2, -0.15) is 0 Å². The molecule has 1 atom stereocenters. The molecule has 0 radical (unpaired) electrons. The summed E-state index contributed by atoms with van der Waals surface area (Å²) in [6.45, 7) is 8.44. The summed E-state index contributed by atoms with van der Waals surface area (Å²) in [5.41, 5.74) is 0.190. The van der Waals surface area contributed by atoms with E-state index in [9.17, 15) is 4.79 Å². The zero-order valence-electron chi connectivity index (χ0n) is 11.6. The molecule has 0 saturated carbocycles. The maximum atomic E-state index is 11.9. The highest BCUT2D eigenvalue weighted by atomic mass is 35.5. The summed E-state index contributed by atoms with van der Waals surface area (Å²) in [5.74, 6) is 0.281. The Kier molecular flexibility index (Phi) is 7.10. The molecule has 1 saturated heterocycles. The number of halogens is 1. The molecule has 1 N–H and O–H groups in total. The second-order valence-electron chi connectivity index (χ2n) is 6.14. The standard InChI is InChI=1S/C13H26N2O.ClH/c1-13(2,3)10-15(4)12(16)8-7-11-6-5-9-14-11;/h11,14H,5-10H2,1-4H3;1H. The third-order valence-electron chi connectivity index (χ3n) is 3.01. The molecule has 1 heterocycles. The van der Waals surface area contributed by atoms with Crippen LogP contribution in [0.15, 0.2) is 0 Å². The van der Waals surface area contributed by atoms with Gasteiger partial charge in [-0.3, -0.25) is 4.79 Å². The summed E-state index contributed by atoms with van der Waals surface area (Å²) in [5, 5.41) is 3.43. The predicted octanol–water partition coefficient (Wildman–Crippen LogP) is 2.44. The lowest BCUT2D eigenvalue weighted by atomic mass is 9.96. The first-order valence-electron chi connectivity index (χ1n) is 6.36. The van der Waals surface area contributed by atoms with Crippen LogP contribution >= 0.6 is 12.4 Å². The highest BCUT2D eigenvalue weighted by Gasteiger charge is 2.20. The molecule has 1 amide bonds. The minimum Gasteiger partial charge on any atom is -0.345 e. The van der Waals surface area contributed by atoms with E-state index in [-0.39, 0.29) is 23.7 Å². The predicted molar refractivity (Wildman–Crippen MR) is 74.6 cm³/mol. The van der Waals surface area contributed by atoms with Crippen LogP contribution in [-0.4, -0.2) is 37.0 Å². The third-order valence-corrected chi connectivity index (χ3v) is 3.01. The molecule has 0 aromatic carbocycles. The van der Waals surface area contributed by atoms with Gasteiger partial charge < -0.3 is 10.2 Å². The Morgan fingerprint density at radius 3 is 2.53 bits per heavy atom. The maximum Gasteiger partial charge on any atom is 0.222 e. The first kappa shape index (κ1) is 16.7. The molecule has 1 rings (SSSR count). The number of nitrogens with zero attached hydrogens (tertiary/aromatic N) is 1. The van der Waals surface area contributed by atoms with Gasteiger partial charge in [0.2, 0.25) is 5.91 Å². The summed E-state index contributed by atoms with van der Waals surface area (Å²) >= 11 is 0. The van der Waals surface area contributed by atoms with Crippen LogP contribution in [0.25, 0.3) is 0 Å². The fourth-order valence-electron chi connectivity index (χ4n) is 2.29. The van der Waals surface area contributed by atoms with Crippen molar-refractivity contribution in [2.24, 2.45) is 5.41 Å². The van der Waals surface area contributed by atoms with Gasteiger partial charge in [-0.25, -0.2) is 0 Å². The van der Waals surface area contributed by atoms with Crippen LogP contribution in [0.4, 0.5) is 0 Å². The van der Waals surface area contributed by atoms with Crippen LogP contribution in [0.3, 0.4) is 0 Å². The maximum absolute atomic E-state index is 11.9. The van der Waals surface area contributed by atoms with Gasteiger partial charge in [0.15, 0.2) is 0 Å². The fraction of sp³-hybridized carbons (Fsp3) is 0.923. The van der Waals surface area contributed by atoms with Gasteiger partial charge in [0.1, 0.15) is 0 Å². The third kappa shape index (κ3) is 6.89. The van der Waals surface area contributed by atoms with Crippen molar-refractivity contribution in [2.75, 3.05) is 20.1 Å². The average Bonchev–Trinajstić information content (AvgIpc) is 2.63. The van der Waals surface area contributed by atoms with E-state index in [4.69, 9.17) is 0 Å². The fourth-order valence-corrected chi connectivity index (χ4v) is 2.29. The molecule has 1 aliphatic heterocycles. The minimum atomic E-state index is 0. The first-order chi connectivity index (χ1) is 7.38. The largest absolute Gasteiger partial charge is 0.345 e. The molecule has 0 aromatic rings. The average molecular weight is 263 g/mol. The van der Waals surface area contributed by atoms with Gasteiger partial charge >= 0.3 is 0 Å². The summed E-state index contributed by atoms with van der Waals surface area (Å²) in [6, 6.07) is 0.576. The number of amides is 1. The van der Waals surface area contributed by atoms with Gasteiger partial charge in [-0.1, -0.05) is 20.8 Å². The van der Waals surface area contributed by atoms with Crippen LogP contribution in [0.1, 0.15) is 46.5 Å². The lowest BCUT2D eigenvalue weighted by Crippen LogP contribution is -2.35. The van der Waals surface area contributed by atoms with E-state index in [0.717, 1.165) is 19.5 Å². The molecule has 0 aliphatic carbocycles. The first-order valence-corrected chi connectivity index (χ1v) is 6.36. The van der Waals surface area contributed by atoms with Crippen molar-refractivity contribution >= 4 is 18.3 Å². The Labute approximate surface area is 112 Å². The van der Waals surface area contributed by atoms with E-state index in [0.29, 0.717) is 12.5 Å². The van der Waals surface area contributed by atoms with E-state index in [1.165, 1.54) is 12.8 Å². The summed E-state index contributed by atoms with van der Waals surface area (Å²) < 4.78 is 0. The van der Waals surface area contributed by atoms with Crippen LogP contribution < -0.4 is 5.32 Å². The van der Waals surface area contributed by atoms with Crippen molar-refractivity contribution < 1.29 is 4.79 Å². The number of nitrogens with one attached hydrogen (secondary N) is 1. The number of hydrogen-bond donors (Lipinski definition) is 1. The molecule has 1 unspecified atom stereocenters. The molecule has 0 aromatic heterocycles. The zero-order valence-corrected chi connectivity index (χ0v) is 12.4. The molecular weight excluding hydrogens is 236 g/mol. The molecule has 3 nitrogen and oxygen atoms in total. The molecule has 1 fully saturated rings. The van der Waals surface area contributed by atoms with E-state index in [2.05, 4.69) is 26.1 Å². The van der Waals surface area contributed by atoms with Crippen molar-refractivity contribution in [3.05, 3.63) is 0 Å². The van der Waals surface area contributed by atoms with E-state index in [1.54, 1.807) is 0 Å². The highest BCUT2D eigenvalue weighted by molar-refractivity contribution is 5.85. The van der Waals surface area contributed by atoms with Gasteiger partial charge in [0.05, 0.1) is 0 Å². The van der Waals surface area contributed by atoms with Crippen molar-refractivity contribution in [1.82, 2.24) is 10.2 Å². The molecule has 4 heteroatoms. The molecule has 17 heavy (non-hydrogen) atoms.